The lowest BCUT2D eigenvalue weighted by Gasteiger charge is -2.05. The molecule has 0 fully saturated rings. The van der Waals surface area contributed by atoms with Crippen LogP contribution in [-0.4, -0.2) is 16.0 Å². The zero-order valence-corrected chi connectivity index (χ0v) is 11.7. The van der Waals surface area contributed by atoms with Gasteiger partial charge in [0.15, 0.2) is 5.82 Å². The van der Waals surface area contributed by atoms with Gasteiger partial charge in [-0.1, -0.05) is 21.1 Å². The molecule has 0 atom stereocenters. The van der Waals surface area contributed by atoms with E-state index in [-0.39, 0.29) is 12.5 Å². The molecule has 88 valence electrons. The van der Waals surface area contributed by atoms with Crippen molar-refractivity contribution in [2.75, 3.05) is 0 Å². The van der Waals surface area contributed by atoms with Gasteiger partial charge in [0.2, 0.25) is 6.39 Å². The van der Waals surface area contributed by atoms with Crippen molar-refractivity contribution in [2.24, 2.45) is 0 Å². The standard InChI is InChI=1S/C10H7Br2N3O2/c11-6-1-2-7(8(12)3-6)10(16)13-4-9-14-5-17-15-9/h1-3,5H,4H2,(H,13,16). The molecule has 0 bridgehead atoms. The Bertz CT molecular complexity index is 528. The summed E-state index contributed by atoms with van der Waals surface area (Å²) < 4.78 is 6.19. The summed E-state index contributed by atoms with van der Waals surface area (Å²) in [6, 6.07) is 5.33. The number of aromatic nitrogens is 2. The van der Waals surface area contributed by atoms with Crippen molar-refractivity contribution < 1.29 is 9.32 Å². The molecule has 1 aromatic carbocycles. The minimum atomic E-state index is -0.200. The first-order valence-corrected chi connectivity index (χ1v) is 6.24. The molecule has 0 unspecified atom stereocenters. The van der Waals surface area contributed by atoms with Crippen LogP contribution in [0, 0.1) is 0 Å². The van der Waals surface area contributed by atoms with E-state index in [9.17, 15) is 4.79 Å². The third kappa shape index (κ3) is 3.13. The number of nitrogens with one attached hydrogen (secondary N) is 1. The molecular formula is C10H7Br2N3O2. The summed E-state index contributed by atoms with van der Waals surface area (Å²) in [6.45, 7) is 0.234. The molecule has 0 aliphatic carbocycles. The van der Waals surface area contributed by atoms with Crippen molar-refractivity contribution in [2.45, 2.75) is 6.54 Å². The number of benzene rings is 1. The first kappa shape index (κ1) is 12.3. The number of hydrogen-bond acceptors (Lipinski definition) is 4. The molecule has 5 nitrogen and oxygen atoms in total. The molecule has 0 radical (unpaired) electrons. The van der Waals surface area contributed by atoms with Crippen LogP contribution in [0.5, 0.6) is 0 Å². The van der Waals surface area contributed by atoms with Gasteiger partial charge < -0.3 is 9.84 Å². The van der Waals surface area contributed by atoms with Crippen LogP contribution in [0.2, 0.25) is 0 Å². The Kier molecular flexibility index (Phi) is 3.90. The van der Waals surface area contributed by atoms with E-state index in [2.05, 4.69) is 51.8 Å². The second kappa shape index (κ2) is 5.42. The number of nitrogens with zero attached hydrogens (tertiary/aromatic N) is 2. The molecule has 1 aromatic heterocycles. The summed E-state index contributed by atoms with van der Waals surface area (Å²) in [4.78, 5) is 15.6. The van der Waals surface area contributed by atoms with Gasteiger partial charge in [-0.05, 0) is 34.1 Å². The van der Waals surface area contributed by atoms with E-state index in [1.807, 2.05) is 6.07 Å². The molecule has 1 amide bonds. The lowest BCUT2D eigenvalue weighted by Crippen LogP contribution is -2.23. The van der Waals surface area contributed by atoms with Crippen LogP contribution in [0.25, 0.3) is 0 Å². The molecular weight excluding hydrogens is 354 g/mol. The minimum absolute atomic E-state index is 0.200. The van der Waals surface area contributed by atoms with Crippen LogP contribution >= 0.6 is 31.9 Å². The largest absolute Gasteiger partial charge is 0.345 e. The fourth-order valence-electron chi connectivity index (χ4n) is 1.20. The van der Waals surface area contributed by atoms with E-state index in [0.29, 0.717) is 11.4 Å². The molecule has 0 saturated carbocycles. The predicted octanol–water partition coefficient (Wildman–Crippen LogP) is 2.52. The zero-order chi connectivity index (χ0) is 12.3. The van der Waals surface area contributed by atoms with Crippen molar-refractivity contribution in [1.82, 2.24) is 15.5 Å². The highest BCUT2D eigenvalue weighted by atomic mass is 79.9. The quantitative estimate of drug-likeness (QED) is 0.913. The lowest BCUT2D eigenvalue weighted by atomic mass is 10.2. The fourth-order valence-corrected chi connectivity index (χ4v) is 2.43. The predicted molar refractivity (Wildman–Crippen MR) is 67.3 cm³/mol. The van der Waals surface area contributed by atoms with Crippen molar-refractivity contribution >= 4 is 37.8 Å². The van der Waals surface area contributed by atoms with Gasteiger partial charge in [0.05, 0.1) is 12.1 Å². The average molecular weight is 361 g/mol. The van der Waals surface area contributed by atoms with E-state index in [1.165, 1.54) is 6.39 Å². The van der Waals surface area contributed by atoms with Crippen LogP contribution in [0.1, 0.15) is 16.2 Å². The van der Waals surface area contributed by atoms with E-state index in [0.717, 1.165) is 8.95 Å². The normalized spacial score (nSPS) is 10.2. The maximum Gasteiger partial charge on any atom is 0.252 e. The highest BCUT2D eigenvalue weighted by molar-refractivity contribution is 9.11. The number of hydrogen-bond donors (Lipinski definition) is 1. The van der Waals surface area contributed by atoms with Gasteiger partial charge in [-0.3, -0.25) is 4.79 Å². The smallest absolute Gasteiger partial charge is 0.252 e. The van der Waals surface area contributed by atoms with Crippen LogP contribution < -0.4 is 5.32 Å². The number of halogens is 2. The van der Waals surface area contributed by atoms with Gasteiger partial charge in [0.1, 0.15) is 0 Å². The van der Waals surface area contributed by atoms with Gasteiger partial charge >= 0.3 is 0 Å². The Morgan fingerprint density at radius 1 is 1.41 bits per heavy atom. The summed E-state index contributed by atoms with van der Waals surface area (Å²) >= 11 is 6.65. The van der Waals surface area contributed by atoms with E-state index >= 15 is 0 Å². The molecule has 0 aliphatic heterocycles. The fraction of sp³-hybridized carbons (Fsp3) is 0.100. The first-order chi connectivity index (χ1) is 8.16. The summed E-state index contributed by atoms with van der Waals surface area (Å²) in [5, 5.41) is 6.29. The van der Waals surface area contributed by atoms with Crippen molar-refractivity contribution in [3.63, 3.8) is 0 Å². The highest BCUT2D eigenvalue weighted by Crippen LogP contribution is 2.21. The van der Waals surface area contributed by atoms with Gasteiger partial charge in [0, 0.05) is 8.95 Å². The third-order valence-corrected chi connectivity index (χ3v) is 3.14. The SMILES string of the molecule is O=C(NCc1ncon1)c1ccc(Br)cc1Br. The van der Waals surface area contributed by atoms with E-state index in [1.54, 1.807) is 12.1 Å². The molecule has 2 rings (SSSR count). The second-order valence-electron chi connectivity index (χ2n) is 3.15. The first-order valence-electron chi connectivity index (χ1n) is 4.65. The van der Waals surface area contributed by atoms with Gasteiger partial charge in [-0.2, -0.15) is 4.98 Å². The van der Waals surface area contributed by atoms with Crippen LogP contribution in [0.15, 0.2) is 38.1 Å². The maximum absolute atomic E-state index is 11.8. The molecule has 1 N–H and O–H groups in total. The molecule has 1 heterocycles. The molecule has 0 spiro atoms. The Morgan fingerprint density at radius 2 is 2.24 bits per heavy atom. The van der Waals surface area contributed by atoms with Gasteiger partial charge in [-0.25, -0.2) is 0 Å². The molecule has 0 aliphatic rings. The zero-order valence-electron chi connectivity index (χ0n) is 8.48. The summed E-state index contributed by atoms with van der Waals surface area (Å²) in [6.07, 6.45) is 1.22. The number of carbonyl (C=O) groups is 1. The summed E-state index contributed by atoms with van der Waals surface area (Å²) in [5.41, 5.74) is 0.552. The average Bonchev–Trinajstić information content (AvgIpc) is 2.78. The lowest BCUT2D eigenvalue weighted by molar-refractivity contribution is 0.0949. The van der Waals surface area contributed by atoms with Crippen LogP contribution in [0.4, 0.5) is 0 Å². The number of amides is 1. The highest BCUT2D eigenvalue weighted by Gasteiger charge is 2.10. The van der Waals surface area contributed by atoms with Crippen LogP contribution in [0.3, 0.4) is 0 Å². The number of carbonyl (C=O) groups excluding carboxylic acids is 1. The molecule has 2 aromatic rings. The maximum atomic E-state index is 11.8. The Hall–Kier alpha value is -1.21. The van der Waals surface area contributed by atoms with Gasteiger partial charge in [-0.15, -0.1) is 0 Å². The number of rotatable bonds is 3. The van der Waals surface area contributed by atoms with E-state index < -0.39 is 0 Å². The van der Waals surface area contributed by atoms with Crippen molar-refractivity contribution in [3.8, 4) is 0 Å². The minimum Gasteiger partial charge on any atom is -0.345 e. The second-order valence-corrected chi connectivity index (χ2v) is 4.92. The van der Waals surface area contributed by atoms with Gasteiger partial charge in [0.25, 0.3) is 5.91 Å². The van der Waals surface area contributed by atoms with Crippen molar-refractivity contribution in [3.05, 3.63) is 44.9 Å². The molecule has 0 saturated heterocycles. The van der Waals surface area contributed by atoms with Crippen LogP contribution in [-0.2, 0) is 6.54 Å². The third-order valence-electron chi connectivity index (χ3n) is 1.99. The van der Waals surface area contributed by atoms with E-state index in [4.69, 9.17) is 0 Å². The Balaban J connectivity index is 2.04. The Labute approximate surface area is 114 Å². The van der Waals surface area contributed by atoms with Crippen molar-refractivity contribution in [1.29, 1.82) is 0 Å². The Morgan fingerprint density at radius 3 is 2.88 bits per heavy atom. The molecule has 17 heavy (non-hydrogen) atoms. The topological polar surface area (TPSA) is 68.0 Å². The monoisotopic (exact) mass is 359 g/mol. The molecule has 7 heteroatoms. The summed E-state index contributed by atoms with van der Waals surface area (Å²) in [5.74, 6) is 0.237. The summed E-state index contributed by atoms with van der Waals surface area (Å²) in [7, 11) is 0.